The van der Waals surface area contributed by atoms with Gasteiger partial charge in [0.1, 0.15) is 5.69 Å². The van der Waals surface area contributed by atoms with Crippen molar-refractivity contribution in [3.8, 4) is 5.75 Å². The van der Waals surface area contributed by atoms with E-state index >= 15 is 0 Å². The van der Waals surface area contributed by atoms with Gasteiger partial charge in [-0.3, -0.25) is 9.55 Å². The Hall–Kier alpha value is -1.20. The number of hydrogen-bond acceptors (Lipinski definition) is 3. The van der Waals surface area contributed by atoms with E-state index in [-0.39, 0.29) is 5.75 Å². The molecule has 1 rings (SSSR count). The molecule has 0 amide bonds. The van der Waals surface area contributed by atoms with Gasteiger partial charge in [-0.2, -0.15) is 4.21 Å². The van der Waals surface area contributed by atoms with E-state index in [9.17, 15) is 4.21 Å². The number of nitrogens with zero attached hydrogens (tertiary/aromatic N) is 1. The highest BCUT2D eigenvalue weighted by Crippen LogP contribution is 2.26. The van der Waals surface area contributed by atoms with Crippen LogP contribution in [0.2, 0.25) is 0 Å². The third-order valence-electron chi connectivity index (χ3n) is 1.20. The maximum Gasteiger partial charge on any atom is 0.357 e. The van der Waals surface area contributed by atoms with Crippen molar-refractivity contribution in [3.05, 3.63) is 24.3 Å². The van der Waals surface area contributed by atoms with E-state index in [0.717, 1.165) is 0 Å². The standard InChI is InChI=1S/C7H7NO3S/c1-8-6-4-2-3-5-7(6)11-12(9)10/h2-5H,1H2,(H,9,10). The normalized spacial score (nSPS) is 12.1. The van der Waals surface area contributed by atoms with Gasteiger partial charge in [0.2, 0.25) is 0 Å². The van der Waals surface area contributed by atoms with E-state index in [4.69, 9.17) is 4.55 Å². The van der Waals surface area contributed by atoms with Crippen molar-refractivity contribution in [2.45, 2.75) is 0 Å². The molecule has 0 heterocycles. The van der Waals surface area contributed by atoms with Crippen LogP contribution in [0.3, 0.4) is 0 Å². The van der Waals surface area contributed by atoms with Crippen molar-refractivity contribution in [2.75, 3.05) is 0 Å². The summed E-state index contributed by atoms with van der Waals surface area (Å²) in [5, 5.41) is 0. The monoisotopic (exact) mass is 185 g/mol. The van der Waals surface area contributed by atoms with E-state index < -0.39 is 11.4 Å². The van der Waals surface area contributed by atoms with Crippen LogP contribution in [-0.4, -0.2) is 15.5 Å². The summed E-state index contributed by atoms with van der Waals surface area (Å²) in [6.45, 7) is 3.29. The van der Waals surface area contributed by atoms with Crippen molar-refractivity contribution in [1.82, 2.24) is 0 Å². The van der Waals surface area contributed by atoms with Crippen molar-refractivity contribution >= 4 is 23.8 Å². The smallest absolute Gasteiger partial charge is 0.357 e. The Labute approximate surface area is 72.4 Å². The molecule has 0 saturated heterocycles. The topological polar surface area (TPSA) is 58.9 Å². The van der Waals surface area contributed by atoms with Crippen LogP contribution >= 0.6 is 0 Å². The average molecular weight is 185 g/mol. The summed E-state index contributed by atoms with van der Waals surface area (Å²) in [5.74, 6) is 0.244. The molecule has 1 unspecified atom stereocenters. The van der Waals surface area contributed by atoms with Crippen molar-refractivity contribution < 1.29 is 12.9 Å². The number of rotatable bonds is 3. The van der Waals surface area contributed by atoms with Crippen LogP contribution in [0.25, 0.3) is 0 Å². The van der Waals surface area contributed by atoms with Gasteiger partial charge in [-0.25, -0.2) is 0 Å². The summed E-state index contributed by atoms with van der Waals surface area (Å²) in [6.07, 6.45) is 0. The minimum Gasteiger partial charge on any atom is -0.378 e. The fourth-order valence-electron chi connectivity index (χ4n) is 0.735. The molecule has 12 heavy (non-hydrogen) atoms. The Balaban J connectivity index is 2.96. The molecule has 1 aromatic carbocycles. The van der Waals surface area contributed by atoms with Crippen LogP contribution in [0.5, 0.6) is 5.75 Å². The largest absolute Gasteiger partial charge is 0.378 e. The second-order valence-electron chi connectivity index (χ2n) is 1.93. The van der Waals surface area contributed by atoms with Crippen LogP contribution in [-0.2, 0) is 11.4 Å². The molecule has 0 spiro atoms. The predicted octanol–water partition coefficient (Wildman–Crippen LogP) is 1.53. The molecule has 0 bridgehead atoms. The zero-order valence-corrected chi connectivity index (χ0v) is 6.95. The Kier molecular flexibility index (Phi) is 2.95. The minimum atomic E-state index is -2.32. The van der Waals surface area contributed by atoms with E-state index in [1.807, 2.05) is 0 Å². The quantitative estimate of drug-likeness (QED) is 0.574. The highest BCUT2D eigenvalue weighted by molar-refractivity contribution is 7.74. The summed E-state index contributed by atoms with van der Waals surface area (Å²) in [4.78, 5) is 3.60. The molecule has 64 valence electrons. The molecular weight excluding hydrogens is 178 g/mol. The van der Waals surface area contributed by atoms with Gasteiger partial charge >= 0.3 is 11.4 Å². The van der Waals surface area contributed by atoms with E-state index in [1.54, 1.807) is 18.2 Å². The summed E-state index contributed by atoms with van der Waals surface area (Å²) in [5.41, 5.74) is 0.444. The van der Waals surface area contributed by atoms with Gasteiger partial charge in [0.25, 0.3) is 0 Å². The SMILES string of the molecule is C=Nc1ccccc1OS(=O)O. The molecule has 0 aliphatic carbocycles. The molecule has 0 aliphatic rings. The number of para-hydroxylation sites is 2. The minimum absolute atomic E-state index is 0.244. The molecule has 0 fully saturated rings. The van der Waals surface area contributed by atoms with Gasteiger partial charge in [0.15, 0.2) is 5.75 Å². The predicted molar refractivity (Wildman–Crippen MR) is 47.1 cm³/mol. The molecule has 1 N–H and O–H groups in total. The Bertz CT molecular complexity index is 313. The maximum atomic E-state index is 10.3. The summed E-state index contributed by atoms with van der Waals surface area (Å²) >= 11 is -2.32. The van der Waals surface area contributed by atoms with Gasteiger partial charge in [0.05, 0.1) is 0 Å². The fourth-order valence-corrected chi connectivity index (χ4v) is 1.03. The third-order valence-corrected chi connectivity index (χ3v) is 1.52. The molecular formula is C7H7NO3S. The Morgan fingerprint density at radius 3 is 2.75 bits per heavy atom. The fraction of sp³-hybridized carbons (Fsp3) is 0. The zero-order valence-electron chi connectivity index (χ0n) is 6.14. The summed E-state index contributed by atoms with van der Waals surface area (Å²) in [6, 6.07) is 6.58. The van der Waals surface area contributed by atoms with Crippen LogP contribution < -0.4 is 4.18 Å². The lowest BCUT2D eigenvalue weighted by molar-refractivity contribution is 0.458. The van der Waals surface area contributed by atoms with Crippen molar-refractivity contribution in [2.24, 2.45) is 4.99 Å². The van der Waals surface area contributed by atoms with Crippen molar-refractivity contribution in [3.63, 3.8) is 0 Å². The van der Waals surface area contributed by atoms with Gasteiger partial charge in [0, 0.05) is 0 Å². The van der Waals surface area contributed by atoms with E-state index in [0.29, 0.717) is 5.69 Å². The van der Waals surface area contributed by atoms with Gasteiger partial charge in [-0.05, 0) is 18.9 Å². The molecule has 1 atom stereocenters. The van der Waals surface area contributed by atoms with E-state index in [2.05, 4.69) is 15.9 Å². The zero-order chi connectivity index (χ0) is 8.97. The lowest BCUT2D eigenvalue weighted by Gasteiger charge is -2.01. The first-order valence-corrected chi connectivity index (χ1v) is 4.12. The van der Waals surface area contributed by atoms with Gasteiger partial charge in [-0.1, -0.05) is 12.1 Å². The average Bonchev–Trinajstić information content (AvgIpc) is 2.04. The van der Waals surface area contributed by atoms with Crippen LogP contribution in [0.1, 0.15) is 0 Å². The van der Waals surface area contributed by atoms with Crippen LogP contribution in [0.15, 0.2) is 29.3 Å². The molecule has 0 aliphatic heterocycles. The van der Waals surface area contributed by atoms with Crippen LogP contribution in [0, 0.1) is 0 Å². The lowest BCUT2D eigenvalue weighted by Crippen LogP contribution is -1.97. The summed E-state index contributed by atoms with van der Waals surface area (Å²) in [7, 11) is 0. The highest BCUT2D eigenvalue weighted by Gasteiger charge is 2.02. The molecule has 5 heteroatoms. The molecule has 0 aromatic heterocycles. The first-order chi connectivity index (χ1) is 5.74. The number of hydrogen-bond donors (Lipinski definition) is 1. The molecule has 4 nitrogen and oxygen atoms in total. The van der Waals surface area contributed by atoms with Gasteiger partial charge < -0.3 is 4.18 Å². The maximum absolute atomic E-state index is 10.3. The number of benzene rings is 1. The van der Waals surface area contributed by atoms with Gasteiger partial charge in [-0.15, -0.1) is 0 Å². The van der Waals surface area contributed by atoms with E-state index in [1.165, 1.54) is 6.07 Å². The Morgan fingerprint density at radius 1 is 1.50 bits per heavy atom. The molecule has 0 radical (unpaired) electrons. The number of aliphatic imine (C=N–C) groups is 1. The molecule has 0 saturated carbocycles. The second-order valence-corrected chi connectivity index (χ2v) is 2.53. The van der Waals surface area contributed by atoms with Crippen LogP contribution in [0.4, 0.5) is 5.69 Å². The first-order valence-electron chi connectivity index (χ1n) is 3.09. The first kappa shape index (κ1) is 8.89. The third kappa shape index (κ3) is 2.14. The van der Waals surface area contributed by atoms with Crippen molar-refractivity contribution in [1.29, 1.82) is 0 Å². The molecule has 1 aromatic rings. The summed E-state index contributed by atoms with van der Waals surface area (Å²) < 4.78 is 23.2. The lowest BCUT2D eigenvalue weighted by atomic mass is 10.3. The highest BCUT2D eigenvalue weighted by atomic mass is 32.2. The second kappa shape index (κ2) is 3.99. The Morgan fingerprint density at radius 2 is 2.17 bits per heavy atom.